The average molecular weight is 226 g/mol. The van der Waals surface area contributed by atoms with E-state index in [1.165, 1.54) is 0 Å². The van der Waals surface area contributed by atoms with Crippen LogP contribution >= 0.6 is 0 Å². The third kappa shape index (κ3) is 2.19. The summed E-state index contributed by atoms with van der Waals surface area (Å²) in [7, 11) is 0. The number of carbonyl (C=O) groups is 2. The zero-order valence-electron chi connectivity index (χ0n) is 9.45. The summed E-state index contributed by atoms with van der Waals surface area (Å²) in [6, 6.07) is 0.337. The standard InChI is InChI=1S/C11H18N2O3/c1-7-6-8(2-5-12-7)9(14)13-11(3-4-11)10(15)16/h7-8,12H,2-6H2,1H3,(H,13,14)(H,15,16). The predicted molar refractivity (Wildman–Crippen MR) is 57.9 cm³/mol. The van der Waals surface area contributed by atoms with Crippen LogP contribution in [0, 0.1) is 5.92 Å². The minimum atomic E-state index is -0.939. The maximum atomic E-state index is 11.9. The van der Waals surface area contributed by atoms with E-state index in [9.17, 15) is 9.59 Å². The molecular weight excluding hydrogens is 208 g/mol. The Labute approximate surface area is 94.6 Å². The number of carboxylic acid groups (broad SMARTS) is 1. The summed E-state index contributed by atoms with van der Waals surface area (Å²) >= 11 is 0. The number of piperidine rings is 1. The van der Waals surface area contributed by atoms with Crippen molar-refractivity contribution in [3.63, 3.8) is 0 Å². The van der Waals surface area contributed by atoms with Gasteiger partial charge in [0, 0.05) is 12.0 Å². The molecule has 2 atom stereocenters. The first kappa shape index (κ1) is 11.4. The molecule has 0 radical (unpaired) electrons. The van der Waals surface area contributed by atoms with Crippen LogP contribution in [-0.4, -0.2) is 35.1 Å². The third-order valence-corrected chi connectivity index (χ3v) is 3.52. The van der Waals surface area contributed by atoms with Crippen molar-refractivity contribution >= 4 is 11.9 Å². The zero-order chi connectivity index (χ0) is 11.8. The van der Waals surface area contributed by atoms with E-state index in [2.05, 4.69) is 10.6 Å². The molecule has 1 aliphatic carbocycles. The molecule has 5 nitrogen and oxygen atoms in total. The number of hydrogen-bond acceptors (Lipinski definition) is 3. The number of amides is 1. The summed E-state index contributed by atoms with van der Waals surface area (Å²) in [6.45, 7) is 2.88. The van der Waals surface area contributed by atoms with Gasteiger partial charge in [0.1, 0.15) is 5.54 Å². The molecule has 0 aromatic rings. The molecule has 16 heavy (non-hydrogen) atoms. The van der Waals surface area contributed by atoms with Crippen molar-refractivity contribution in [2.75, 3.05) is 6.54 Å². The van der Waals surface area contributed by atoms with Crippen molar-refractivity contribution in [3.8, 4) is 0 Å². The summed E-state index contributed by atoms with van der Waals surface area (Å²) < 4.78 is 0. The van der Waals surface area contributed by atoms with Gasteiger partial charge in [0.05, 0.1) is 0 Å². The molecule has 1 saturated heterocycles. The lowest BCUT2D eigenvalue weighted by Crippen LogP contribution is -2.49. The van der Waals surface area contributed by atoms with Crippen LogP contribution in [0.5, 0.6) is 0 Å². The molecule has 2 rings (SSSR count). The SMILES string of the molecule is CC1CC(C(=O)NC2(C(=O)O)CC2)CCN1. The van der Waals surface area contributed by atoms with Gasteiger partial charge in [-0.05, 0) is 39.2 Å². The first-order valence-corrected chi connectivity index (χ1v) is 5.82. The fourth-order valence-electron chi connectivity index (χ4n) is 2.23. The van der Waals surface area contributed by atoms with Crippen molar-refractivity contribution in [1.29, 1.82) is 0 Å². The zero-order valence-corrected chi connectivity index (χ0v) is 9.45. The molecule has 1 heterocycles. The van der Waals surface area contributed by atoms with Crippen LogP contribution in [0.25, 0.3) is 0 Å². The molecule has 3 N–H and O–H groups in total. The Balaban J connectivity index is 1.90. The van der Waals surface area contributed by atoms with Crippen LogP contribution in [0.2, 0.25) is 0 Å². The second-order valence-electron chi connectivity index (χ2n) is 4.95. The summed E-state index contributed by atoms with van der Waals surface area (Å²) in [5, 5.41) is 14.9. The molecule has 0 spiro atoms. The second-order valence-corrected chi connectivity index (χ2v) is 4.95. The molecule has 2 unspecified atom stereocenters. The fraction of sp³-hybridized carbons (Fsp3) is 0.818. The van der Waals surface area contributed by atoms with Crippen LogP contribution in [0.3, 0.4) is 0 Å². The van der Waals surface area contributed by atoms with Crippen LogP contribution in [-0.2, 0) is 9.59 Å². The van der Waals surface area contributed by atoms with E-state index in [4.69, 9.17) is 5.11 Å². The number of carboxylic acids is 1. The number of nitrogens with one attached hydrogen (secondary N) is 2. The topological polar surface area (TPSA) is 78.4 Å². The van der Waals surface area contributed by atoms with Gasteiger partial charge >= 0.3 is 5.97 Å². The van der Waals surface area contributed by atoms with Crippen molar-refractivity contribution in [2.24, 2.45) is 5.92 Å². The average Bonchev–Trinajstić information content (AvgIpc) is 2.99. The number of rotatable bonds is 3. The minimum absolute atomic E-state index is 0.0342. The van der Waals surface area contributed by atoms with Gasteiger partial charge in [-0.25, -0.2) is 4.79 Å². The van der Waals surface area contributed by atoms with E-state index in [0.29, 0.717) is 18.9 Å². The van der Waals surface area contributed by atoms with Crippen LogP contribution in [0.1, 0.15) is 32.6 Å². The van der Waals surface area contributed by atoms with Crippen molar-refractivity contribution in [3.05, 3.63) is 0 Å². The lowest BCUT2D eigenvalue weighted by Gasteiger charge is -2.28. The Bertz CT molecular complexity index is 312. The Morgan fingerprint density at radius 2 is 2.12 bits per heavy atom. The predicted octanol–water partition coefficient (Wildman–Crippen LogP) is 0.108. The molecule has 5 heteroatoms. The molecular formula is C11H18N2O3. The van der Waals surface area contributed by atoms with E-state index < -0.39 is 11.5 Å². The molecule has 2 fully saturated rings. The summed E-state index contributed by atoms with van der Waals surface area (Å²) in [6.07, 6.45) is 2.72. The van der Waals surface area contributed by atoms with Crippen molar-refractivity contribution in [1.82, 2.24) is 10.6 Å². The maximum absolute atomic E-state index is 11.9. The third-order valence-electron chi connectivity index (χ3n) is 3.52. The van der Waals surface area contributed by atoms with Gasteiger partial charge < -0.3 is 15.7 Å². The van der Waals surface area contributed by atoms with Crippen molar-refractivity contribution in [2.45, 2.75) is 44.2 Å². The highest BCUT2D eigenvalue weighted by Gasteiger charge is 2.52. The smallest absolute Gasteiger partial charge is 0.329 e. The molecule has 1 saturated carbocycles. The lowest BCUT2D eigenvalue weighted by atomic mass is 9.92. The maximum Gasteiger partial charge on any atom is 0.329 e. The van der Waals surface area contributed by atoms with E-state index in [-0.39, 0.29) is 11.8 Å². The first-order chi connectivity index (χ1) is 7.53. The van der Waals surface area contributed by atoms with Gasteiger partial charge in [0.15, 0.2) is 0 Å². The Morgan fingerprint density at radius 1 is 1.44 bits per heavy atom. The quantitative estimate of drug-likeness (QED) is 0.638. The molecule has 90 valence electrons. The lowest BCUT2D eigenvalue weighted by molar-refractivity contribution is -0.144. The number of aliphatic carboxylic acids is 1. The first-order valence-electron chi connectivity index (χ1n) is 5.82. The highest BCUT2D eigenvalue weighted by molar-refractivity contribution is 5.90. The largest absolute Gasteiger partial charge is 0.480 e. The van der Waals surface area contributed by atoms with E-state index in [1.807, 2.05) is 6.92 Å². The summed E-state index contributed by atoms with van der Waals surface area (Å²) in [4.78, 5) is 22.8. The molecule has 0 bridgehead atoms. The Morgan fingerprint density at radius 3 is 2.62 bits per heavy atom. The van der Waals surface area contributed by atoms with Gasteiger partial charge in [-0.3, -0.25) is 4.79 Å². The highest BCUT2D eigenvalue weighted by atomic mass is 16.4. The second kappa shape index (κ2) is 4.05. The van der Waals surface area contributed by atoms with E-state index >= 15 is 0 Å². The van der Waals surface area contributed by atoms with Crippen LogP contribution in [0.15, 0.2) is 0 Å². The Hall–Kier alpha value is -1.10. The van der Waals surface area contributed by atoms with Gasteiger partial charge in [-0.1, -0.05) is 0 Å². The van der Waals surface area contributed by atoms with Crippen molar-refractivity contribution < 1.29 is 14.7 Å². The highest BCUT2D eigenvalue weighted by Crippen LogP contribution is 2.36. The van der Waals surface area contributed by atoms with E-state index in [0.717, 1.165) is 19.4 Å². The molecule has 1 amide bonds. The number of carbonyl (C=O) groups excluding carboxylic acids is 1. The molecule has 2 aliphatic rings. The van der Waals surface area contributed by atoms with Gasteiger partial charge in [-0.15, -0.1) is 0 Å². The Kier molecular flexibility index (Phi) is 2.88. The fourth-order valence-corrected chi connectivity index (χ4v) is 2.23. The molecule has 0 aromatic heterocycles. The summed E-state index contributed by atoms with van der Waals surface area (Å²) in [5.74, 6) is -1.02. The number of hydrogen-bond donors (Lipinski definition) is 3. The molecule has 1 aliphatic heterocycles. The van der Waals surface area contributed by atoms with Gasteiger partial charge in [0.25, 0.3) is 0 Å². The van der Waals surface area contributed by atoms with Crippen LogP contribution in [0.4, 0.5) is 0 Å². The monoisotopic (exact) mass is 226 g/mol. The van der Waals surface area contributed by atoms with Gasteiger partial charge in [-0.2, -0.15) is 0 Å². The normalized spacial score (nSPS) is 31.8. The summed E-state index contributed by atoms with van der Waals surface area (Å²) in [5.41, 5.74) is -0.939. The van der Waals surface area contributed by atoms with E-state index in [1.54, 1.807) is 0 Å². The van der Waals surface area contributed by atoms with Gasteiger partial charge in [0.2, 0.25) is 5.91 Å². The molecule has 0 aromatic carbocycles. The van der Waals surface area contributed by atoms with Crippen LogP contribution < -0.4 is 10.6 Å². The minimum Gasteiger partial charge on any atom is -0.480 e.